The number of anilines is 1. The lowest BCUT2D eigenvalue weighted by molar-refractivity contribution is 0.240. The fraction of sp³-hybridized carbons (Fsp3) is 0.417. The van der Waals surface area contributed by atoms with Crippen LogP contribution < -0.4 is 4.90 Å². The van der Waals surface area contributed by atoms with E-state index in [-0.39, 0.29) is 12.5 Å². The summed E-state index contributed by atoms with van der Waals surface area (Å²) in [6, 6.07) is 9.53. The van der Waals surface area contributed by atoms with Gasteiger partial charge in [-0.25, -0.2) is 0 Å². The molecule has 0 saturated carbocycles. The third-order valence-corrected chi connectivity index (χ3v) is 2.33. The number of rotatable bonds is 4. The quantitative estimate of drug-likeness (QED) is 0.810. The van der Waals surface area contributed by atoms with E-state index in [4.69, 9.17) is 10.4 Å². The number of aliphatic hydroxyl groups is 1. The first kappa shape index (κ1) is 11.5. The third kappa shape index (κ3) is 3.26. The first-order valence-corrected chi connectivity index (χ1v) is 4.99. The van der Waals surface area contributed by atoms with Gasteiger partial charge in [-0.3, -0.25) is 0 Å². The van der Waals surface area contributed by atoms with Gasteiger partial charge in [0, 0.05) is 25.9 Å². The van der Waals surface area contributed by atoms with Crippen molar-refractivity contribution in [1.82, 2.24) is 0 Å². The normalized spacial score (nSPS) is 11.9. The molecule has 3 nitrogen and oxygen atoms in total. The van der Waals surface area contributed by atoms with E-state index < -0.39 is 0 Å². The van der Waals surface area contributed by atoms with Gasteiger partial charge in [0.15, 0.2) is 0 Å². The van der Waals surface area contributed by atoms with Crippen molar-refractivity contribution in [2.24, 2.45) is 5.92 Å². The molecule has 0 amide bonds. The molecular weight excluding hydrogens is 188 g/mol. The van der Waals surface area contributed by atoms with Gasteiger partial charge in [-0.05, 0) is 30.2 Å². The van der Waals surface area contributed by atoms with E-state index in [1.165, 1.54) is 0 Å². The van der Waals surface area contributed by atoms with Crippen LogP contribution in [0.4, 0.5) is 5.69 Å². The summed E-state index contributed by atoms with van der Waals surface area (Å²) in [5.74, 6) is 0.255. The monoisotopic (exact) mass is 204 g/mol. The summed E-state index contributed by atoms with van der Waals surface area (Å²) in [5, 5.41) is 17.6. The van der Waals surface area contributed by atoms with Gasteiger partial charge < -0.3 is 10.0 Å². The zero-order valence-corrected chi connectivity index (χ0v) is 9.14. The Morgan fingerprint density at radius 3 is 2.47 bits per heavy atom. The molecule has 0 aromatic heterocycles. The van der Waals surface area contributed by atoms with Crippen molar-refractivity contribution >= 4 is 5.69 Å². The lowest BCUT2D eigenvalue weighted by Crippen LogP contribution is -2.25. The Morgan fingerprint density at radius 1 is 1.40 bits per heavy atom. The molecule has 1 aromatic carbocycles. The van der Waals surface area contributed by atoms with Crippen LogP contribution in [0.3, 0.4) is 0 Å². The van der Waals surface area contributed by atoms with Crippen molar-refractivity contribution < 1.29 is 5.11 Å². The van der Waals surface area contributed by atoms with Gasteiger partial charge in [-0.15, -0.1) is 0 Å². The molecule has 0 spiro atoms. The minimum atomic E-state index is 0.195. The second-order valence-corrected chi connectivity index (χ2v) is 3.83. The van der Waals surface area contributed by atoms with Crippen LogP contribution in [0.25, 0.3) is 0 Å². The third-order valence-electron chi connectivity index (χ3n) is 2.33. The Labute approximate surface area is 90.6 Å². The number of nitrogens with zero attached hydrogens (tertiary/aromatic N) is 2. The largest absolute Gasteiger partial charge is 0.396 e. The van der Waals surface area contributed by atoms with E-state index in [2.05, 4.69) is 11.0 Å². The molecule has 0 aliphatic carbocycles. The van der Waals surface area contributed by atoms with Gasteiger partial charge >= 0.3 is 0 Å². The molecule has 0 saturated heterocycles. The summed E-state index contributed by atoms with van der Waals surface area (Å²) >= 11 is 0. The van der Waals surface area contributed by atoms with Gasteiger partial charge in [0.25, 0.3) is 0 Å². The maximum atomic E-state index is 8.94. The topological polar surface area (TPSA) is 47.3 Å². The highest BCUT2D eigenvalue weighted by atomic mass is 16.3. The van der Waals surface area contributed by atoms with Crippen molar-refractivity contribution in [3.05, 3.63) is 29.8 Å². The molecule has 15 heavy (non-hydrogen) atoms. The second-order valence-electron chi connectivity index (χ2n) is 3.83. The molecular formula is C12H16N2O. The average molecular weight is 204 g/mol. The maximum absolute atomic E-state index is 8.94. The summed E-state index contributed by atoms with van der Waals surface area (Å²) in [4.78, 5) is 2.07. The van der Waals surface area contributed by atoms with Crippen LogP contribution in [0.15, 0.2) is 24.3 Å². The van der Waals surface area contributed by atoms with Gasteiger partial charge in [0.2, 0.25) is 0 Å². The predicted molar refractivity (Wildman–Crippen MR) is 60.7 cm³/mol. The minimum Gasteiger partial charge on any atom is -0.396 e. The van der Waals surface area contributed by atoms with Crippen molar-refractivity contribution in [2.45, 2.75) is 6.92 Å². The van der Waals surface area contributed by atoms with Gasteiger partial charge in [0.05, 0.1) is 11.6 Å². The van der Waals surface area contributed by atoms with Gasteiger partial charge in [-0.1, -0.05) is 6.92 Å². The van der Waals surface area contributed by atoms with Gasteiger partial charge in [-0.2, -0.15) is 5.26 Å². The number of hydrogen-bond donors (Lipinski definition) is 1. The number of nitriles is 1. The Kier molecular flexibility index (Phi) is 4.14. The summed E-state index contributed by atoms with van der Waals surface area (Å²) in [6.45, 7) is 3.00. The fourth-order valence-electron chi connectivity index (χ4n) is 1.42. The molecule has 0 heterocycles. The van der Waals surface area contributed by atoms with E-state index >= 15 is 0 Å². The van der Waals surface area contributed by atoms with Crippen molar-refractivity contribution in [2.75, 3.05) is 25.1 Å². The highest BCUT2D eigenvalue weighted by Crippen LogP contribution is 2.14. The average Bonchev–Trinajstić information content (AvgIpc) is 2.29. The molecule has 0 aliphatic heterocycles. The Morgan fingerprint density at radius 2 is 2.00 bits per heavy atom. The molecule has 0 aliphatic rings. The van der Waals surface area contributed by atoms with Crippen LogP contribution in [0.2, 0.25) is 0 Å². The van der Waals surface area contributed by atoms with Crippen molar-refractivity contribution in [1.29, 1.82) is 5.26 Å². The van der Waals surface area contributed by atoms with E-state index in [0.717, 1.165) is 12.2 Å². The Bertz CT molecular complexity index is 340. The smallest absolute Gasteiger partial charge is 0.0991 e. The zero-order chi connectivity index (χ0) is 11.3. The lowest BCUT2D eigenvalue weighted by atomic mass is 10.1. The summed E-state index contributed by atoms with van der Waals surface area (Å²) < 4.78 is 0. The highest BCUT2D eigenvalue weighted by Gasteiger charge is 2.05. The number of benzene rings is 1. The second kappa shape index (κ2) is 5.38. The van der Waals surface area contributed by atoms with Crippen molar-refractivity contribution in [3.63, 3.8) is 0 Å². The standard InChI is InChI=1S/C12H16N2O/c1-10(9-15)8-14(2)12-5-3-11(7-13)4-6-12/h3-6,10,15H,8-9H2,1-2H3. The van der Waals surface area contributed by atoms with E-state index in [1.807, 2.05) is 26.1 Å². The lowest BCUT2D eigenvalue weighted by Gasteiger charge is -2.22. The van der Waals surface area contributed by atoms with Crippen LogP contribution in [0, 0.1) is 17.2 Å². The van der Waals surface area contributed by atoms with E-state index in [9.17, 15) is 0 Å². The minimum absolute atomic E-state index is 0.195. The molecule has 0 fully saturated rings. The van der Waals surface area contributed by atoms with Crippen LogP contribution in [-0.4, -0.2) is 25.3 Å². The van der Waals surface area contributed by atoms with Crippen LogP contribution in [-0.2, 0) is 0 Å². The molecule has 0 radical (unpaired) electrons. The van der Waals surface area contributed by atoms with Crippen molar-refractivity contribution in [3.8, 4) is 6.07 Å². The SMILES string of the molecule is CC(CO)CN(C)c1ccc(C#N)cc1. The van der Waals surface area contributed by atoms with Crippen LogP contribution >= 0.6 is 0 Å². The molecule has 1 N–H and O–H groups in total. The summed E-state index contributed by atoms with van der Waals surface area (Å²) in [7, 11) is 1.98. The molecule has 0 bridgehead atoms. The fourth-order valence-corrected chi connectivity index (χ4v) is 1.42. The van der Waals surface area contributed by atoms with Gasteiger partial charge in [0.1, 0.15) is 0 Å². The molecule has 3 heteroatoms. The zero-order valence-electron chi connectivity index (χ0n) is 9.14. The number of hydrogen-bond acceptors (Lipinski definition) is 3. The van der Waals surface area contributed by atoms with Crippen LogP contribution in [0.1, 0.15) is 12.5 Å². The maximum Gasteiger partial charge on any atom is 0.0991 e. The summed E-state index contributed by atoms with van der Waals surface area (Å²) in [6.07, 6.45) is 0. The predicted octanol–water partition coefficient (Wildman–Crippen LogP) is 1.62. The first-order valence-electron chi connectivity index (χ1n) is 4.99. The highest BCUT2D eigenvalue weighted by molar-refractivity contribution is 5.48. The van der Waals surface area contributed by atoms with E-state index in [0.29, 0.717) is 5.56 Å². The molecule has 1 aromatic rings. The Balaban J connectivity index is 2.66. The molecule has 1 atom stereocenters. The molecule has 80 valence electrons. The number of aliphatic hydroxyl groups excluding tert-OH is 1. The molecule has 1 rings (SSSR count). The first-order chi connectivity index (χ1) is 7.17. The Hall–Kier alpha value is -1.53. The molecule has 1 unspecified atom stereocenters. The van der Waals surface area contributed by atoms with Crippen LogP contribution in [0.5, 0.6) is 0 Å². The summed E-state index contributed by atoms with van der Waals surface area (Å²) in [5.41, 5.74) is 1.73. The van der Waals surface area contributed by atoms with E-state index in [1.54, 1.807) is 12.1 Å².